The minimum atomic E-state index is -0.0570. The largest absolute Gasteiger partial charge is 0.310 e. The van der Waals surface area contributed by atoms with Crippen molar-refractivity contribution in [3.05, 3.63) is 204 Å². The summed E-state index contributed by atoms with van der Waals surface area (Å²) in [5.41, 5.74) is 17.2. The van der Waals surface area contributed by atoms with Crippen LogP contribution < -0.4 is 4.90 Å². The zero-order chi connectivity index (χ0) is 49.1. The van der Waals surface area contributed by atoms with Crippen molar-refractivity contribution in [1.29, 1.82) is 0 Å². The van der Waals surface area contributed by atoms with Gasteiger partial charge in [0.1, 0.15) is 0 Å². The molecule has 0 aliphatic rings. The van der Waals surface area contributed by atoms with Gasteiger partial charge in [0.05, 0.1) is 22.4 Å². The highest BCUT2D eigenvalue weighted by Crippen LogP contribution is 2.48. The van der Waals surface area contributed by atoms with Crippen LogP contribution in [0.4, 0.5) is 17.1 Å². The molecule has 0 unspecified atom stereocenters. The average molecular weight is 911 g/mol. The molecule has 2 heteroatoms. The van der Waals surface area contributed by atoms with E-state index in [1.807, 2.05) is 0 Å². The van der Waals surface area contributed by atoms with Gasteiger partial charge in [-0.05, 0) is 148 Å². The molecule has 11 aromatic rings. The maximum Gasteiger partial charge on any atom is 0.0541 e. The van der Waals surface area contributed by atoms with Gasteiger partial charge in [-0.3, -0.25) is 0 Å². The Balaban J connectivity index is 1.15. The van der Waals surface area contributed by atoms with Crippen LogP contribution in [-0.2, 0) is 21.7 Å². The Morgan fingerprint density at radius 3 is 1.34 bits per heavy atom. The van der Waals surface area contributed by atoms with Crippen LogP contribution in [0.5, 0.6) is 0 Å². The van der Waals surface area contributed by atoms with Crippen LogP contribution in [0.3, 0.4) is 0 Å². The van der Waals surface area contributed by atoms with Gasteiger partial charge in [0.25, 0.3) is 0 Å². The molecule has 0 atom stereocenters. The minimum Gasteiger partial charge on any atom is -0.310 e. The number of nitrogens with zero attached hydrogens (tertiary/aromatic N) is 2. The molecule has 0 aliphatic carbocycles. The fraction of sp³-hybridized carbons (Fsp3) is 0.235. The predicted octanol–water partition coefficient (Wildman–Crippen LogP) is 19.7. The second-order valence-corrected chi connectivity index (χ2v) is 24.0. The number of benzene rings is 10. The molecule has 0 bridgehead atoms. The number of fused-ring (bicyclic) bond motifs is 3. The Morgan fingerprint density at radius 1 is 0.314 bits per heavy atom. The van der Waals surface area contributed by atoms with Gasteiger partial charge in [-0.2, -0.15) is 0 Å². The molecule has 11 rings (SSSR count). The third-order valence-electron chi connectivity index (χ3n) is 14.9. The molecule has 0 saturated heterocycles. The second kappa shape index (κ2) is 16.2. The predicted molar refractivity (Wildman–Crippen MR) is 305 cm³/mol. The van der Waals surface area contributed by atoms with Crippen molar-refractivity contribution >= 4 is 71.2 Å². The Kier molecular flexibility index (Phi) is 10.5. The Labute approximate surface area is 415 Å². The lowest BCUT2D eigenvalue weighted by Crippen LogP contribution is -2.19. The van der Waals surface area contributed by atoms with E-state index in [2.05, 4.69) is 275 Å². The quantitative estimate of drug-likeness (QED) is 0.151. The first-order chi connectivity index (χ1) is 33.2. The van der Waals surface area contributed by atoms with Crippen molar-refractivity contribution in [1.82, 2.24) is 4.57 Å². The van der Waals surface area contributed by atoms with Gasteiger partial charge in [-0.15, -0.1) is 0 Å². The molecular formula is C68H66N2. The Bertz CT molecular complexity index is 3680. The molecule has 70 heavy (non-hydrogen) atoms. The van der Waals surface area contributed by atoms with E-state index in [0.29, 0.717) is 0 Å². The topological polar surface area (TPSA) is 8.17 Å². The van der Waals surface area contributed by atoms with E-state index < -0.39 is 0 Å². The molecule has 348 valence electrons. The lowest BCUT2D eigenvalue weighted by molar-refractivity contribution is 0.569. The molecule has 1 heterocycles. The zero-order valence-electron chi connectivity index (χ0n) is 43.2. The normalized spacial score (nSPS) is 12.9. The van der Waals surface area contributed by atoms with E-state index in [4.69, 9.17) is 0 Å². The first-order valence-electron chi connectivity index (χ1n) is 25.2. The summed E-state index contributed by atoms with van der Waals surface area (Å²) in [7, 11) is 0. The van der Waals surface area contributed by atoms with Crippen molar-refractivity contribution in [2.45, 2.75) is 105 Å². The maximum atomic E-state index is 2.53. The van der Waals surface area contributed by atoms with Crippen LogP contribution in [0.1, 0.15) is 105 Å². The standard InChI is InChI=1S/C68H66N2/c1-65(2,3)49-29-35-61-57(41-49)58-42-50(66(4,5)6)30-36-62(58)70(61)60-34-28-47-25-31-55-59(33-27-46-26-32-56(60)64(47)63(46)55)69(54-39-51(67(7,8)9)38-52(40-54)68(10,11)12)53-20-16-19-48(37-53)45-23-21-44(22-24-45)43-17-14-13-15-18-43/h13-42H,1-12H3. The van der Waals surface area contributed by atoms with Crippen LogP contribution >= 0.6 is 0 Å². The lowest BCUT2D eigenvalue weighted by Gasteiger charge is -2.32. The van der Waals surface area contributed by atoms with E-state index in [1.165, 1.54) is 110 Å². The molecule has 2 nitrogen and oxygen atoms in total. The van der Waals surface area contributed by atoms with E-state index in [1.54, 1.807) is 0 Å². The summed E-state index contributed by atoms with van der Waals surface area (Å²) >= 11 is 0. The Hall–Kier alpha value is -7.16. The first-order valence-corrected chi connectivity index (χ1v) is 25.2. The SMILES string of the molecule is CC(C)(C)c1cc(N(c2cccc(-c3ccc(-c4ccccc4)cc3)c2)c2ccc3ccc4c(-n5c6ccc(C(C)(C)C)cc6c6cc(C(C)(C)C)ccc65)ccc5ccc2c3c54)cc(C(C)(C)C)c1. The van der Waals surface area contributed by atoms with Gasteiger partial charge in [-0.1, -0.05) is 204 Å². The molecule has 0 N–H and O–H groups in total. The van der Waals surface area contributed by atoms with E-state index in [0.717, 1.165) is 11.4 Å². The Morgan fingerprint density at radius 2 is 0.786 bits per heavy atom. The molecular weight excluding hydrogens is 845 g/mol. The molecule has 0 spiro atoms. The summed E-state index contributed by atoms with van der Waals surface area (Å²) in [6.07, 6.45) is 0. The molecule has 0 fully saturated rings. The van der Waals surface area contributed by atoms with Crippen LogP contribution in [0, 0.1) is 0 Å². The van der Waals surface area contributed by atoms with E-state index >= 15 is 0 Å². The molecule has 0 radical (unpaired) electrons. The second-order valence-electron chi connectivity index (χ2n) is 24.0. The highest BCUT2D eigenvalue weighted by Gasteiger charge is 2.27. The monoisotopic (exact) mass is 911 g/mol. The number of hydrogen-bond donors (Lipinski definition) is 0. The molecule has 0 amide bonds. The molecule has 0 aliphatic heterocycles. The third kappa shape index (κ3) is 7.83. The fourth-order valence-corrected chi connectivity index (χ4v) is 10.7. The first kappa shape index (κ1) is 45.3. The van der Waals surface area contributed by atoms with Crippen LogP contribution in [0.2, 0.25) is 0 Å². The van der Waals surface area contributed by atoms with Crippen molar-refractivity contribution in [2.75, 3.05) is 4.90 Å². The van der Waals surface area contributed by atoms with Gasteiger partial charge < -0.3 is 9.47 Å². The summed E-state index contributed by atoms with van der Waals surface area (Å²) in [6, 6.07) is 69.3. The zero-order valence-corrected chi connectivity index (χ0v) is 43.2. The smallest absolute Gasteiger partial charge is 0.0541 e. The number of rotatable bonds is 6. The summed E-state index contributed by atoms with van der Waals surface area (Å²) in [6.45, 7) is 27.9. The fourth-order valence-electron chi connectivity index (χ4n) is 10.7. The molecule has 1 aromatic heterocycles. The average Bonchev–Trinajstić information content (AvgIpc) is 3.66. The minimum absolute atomic E-state index is 0.0284. The van der Waals surface area contributed by atoms with Crippen molar-refractivity contribution in [3.63, 3.8) is 0 Å². The highest BCUT2D eigenvalue weighted by molar-refractivity contribution is 6.27. The van der Waals surface area contributed by atoms with Gasteiger partial charge in [-0.25, -0.2) is 0 Å². The summed E-state index contributed by atoms with van der Waals surface area (Å²) in [5, 5.41) is 10.2. The van der Waals surface area contributed by atoms with E-state index in [9.17, 15) is 0 Å². The summed E-state index contributed by atoms with van der Waals surface area (Å²) in [4.78, 5) is 2.53. The summed E-state index contributed by atoms with van der Waals surface area (Å²) in [5.74, 6) is 0. The molecule has 10 aromatic carbocycles. The van der Waals surface area contributed by atoms with Gasteiger partial charge >= 0.3 is 0 Å². The van der Waals surface area contributed by atoms with E-state index in [-0.39, 0.29) is 21.7 Å². The highest BCUT2D eigenvalue weighted by atomic mass is 15.1. The van der Waals surface area contributed by atoms with Gasteiger partial charge in [0, 0.05) is 32.9 Å². The number of aromatic nitrogens is 1. The van der Waals surface area contributed by atoms with Crippen LogP contribution in [-0.4, -0.2) is 4.57 Å². The lowest BCUT2D eigenvalue weighted by atomic mass is 9.80. The maximum absolute atomic E-state index is 2.53. The summed E-state index contributed by atoms with van der Waals surface area (Å²) < 4.78 is 2.53. The van der Waals surface area contributed by atoms with Crippen molar-refractivity contribution in [3.8, 4) is 27.9 Å². The van der Waals surface area contributed by atoms with Crippen LogP contribution in [0.15, 0.2) is 182 Å². The number of anilines is 3. The van der Waals surface area contributed by atoms with Crippen molar-refractivity contribution in [2.24, 2.45) is 0 Å². The number of hydrogen-bond acceptors (Lipinski definition) is 1. The molecule has 0 saturated carbocycles. The third-order valence-corrected chi connectivity index (χ3v) is 14.9. The van der Waals surface area contributed by atoms with Gasteiger partial charge in [0.2, 0.25) is 0 Å². The van der Waals surface area contributed by atoms with Crippen LogP contribution in [0.25, 0.3) is 82.1 Å². The van der Waals surface area contributed by atoms with Crippen molar-refractivity contribution < 1.29 is 0 Å². The van der Waals surface area contributed by atoms with Gasteiger partial charge in [0.15, 0.2) is 0 Å².